The van der Waals surface area contributed by atoms with Crippen LogP contribution in [0.1, 0.15) is 43.2 Å². The predicted octanol–water partition coefficient (Wildman–Crippen LogP) is 6.52. The maximum Gasteiger partial charge on any atom is 0.416 e. The number of ether oxygens (including phenoxy) is 2. The van der Waals surface area contributed by atoms with Crippen LogP contribution in [-0.4, -0.2) is 67.7 Å². The molecule has 2 aliphatic heterocycles. The lowest BCUT2D eigenvalue weighted by atomic mass is 9.85. The molecule has 2 saturated heterocycles. The fraction of sp³-hybridized carbons (Fsp3) is 0.536. The molecule has 10 heteroatoms. The Kier molecular flexibility index (Phi) is 9.84. The third-order valence-corrected chi connectivity index (χ3v) is 8.15. The summed E-state index contributed by atoms with van der Waals surface area (Å²) < 4.78 is 50.3. The first-order valence-electron chi connectivity index (χ1n) is 13.0. The minimum absolute atomic E-state index is 0.0495. The molecule has 2 fully saturated rings. The molecule has 0 bridgehead atoms. The van der Waals surface area contributed by atoms with Crippen LogP contribution in [-0.2, 0) is 15.7 Å². The van der Waals surface area contributed by atoms with Gasteiger partial charge in [-0.25, -0.2) is 0 Å². The van der Waals surface area contributed by atoms with Gasteiger partial charge in [0.1, 0.15) is 11.9 Å². The summed E-state index contributed by atoms with van der Waals surface area (Å²) in [5.41, 5.74) is 0.229. The van der Waals surface area contributed by atoms with E-state index >= 15 is 0 Å². The Bertz CT molecular complexity index is 1080. The van der Waals surface area contributed by atoms with Crippen LogP contribution in [0.3, 0.4) is 0 Å². The lowest BCUT2D eigenvalue weighted by Crippen LogP contribution is -2.37. The molecule has 1 amide bonds. The maximum atomic E-state index is 13.2. The smallest absolute Gasteiger partial charge is 0.416 e. The average Bonchev–Trinajstić information content (AvgIpc) is 3.34. The number of amides is 1. The highest BCUT2D eigenvalue weighted by molar-refractivity contribution is 6.42. The Labute approximate surface area is 231 Å². The third-order valence-electron chi connectivity index (χ3n) is 7.41. The van der Waals surface area contributed by atoms with Crippen LogP contribution in [0.2, 0.25) is 10.0 Å². The van der Waals surface area contributed by atoms with Gasteiger partial charge in [0.15, 0.2) is 0 Å². The van der Waals surface area contributed by atoms with E-state index in [0.29, 0.717) is 35.3 Å². The number of benzene rings is 2. The van der Waals surface area contributed by atoms with Gasteiger partial charge >= 0.3 is 6.18 Å². The number of hydrogen-bond donors (Lipinski definition) is 0. The number of nitrogens with zero attached hydrogens (tertiary/aromatic N) is 2. The number of carbonyl (C=O) groups excluding carboxylic acids is 1. The number of rotatable bonds is 9. The molecule has 0 saturated carbocycles. The number of unbranched alkanes of at least 4 members (excludes halogenated alkanes) is 1. The molecule has 0 spiro atoms. The Morgan fingerprint density at radius 2 is 1.76 bits per heavy atom. The van der Waals surface area contributed by atoms with Gasteiger partial charge in [-0.2, -0.15) is 13.2 Å². The van der Waals surface area contributed by atoms with Gasteiger partial charge in [-0.05, 0) is 68.3 Å². The maximum absolute atomic E-state index is 13.2. The first kappa shape index (κ1) is 29.0. The van der Waals surface area contributed by atoms with Gasteiger partial charge in [-0.3, -0.25) is 9.69 Å². The van der Waals surface area contributed by atoms with Crippen LogP contribution in [0, 0.1) is 5.92 Å². The molecule has 208 valence electrons. The first-order chi connectivity index (χ1) is 18.1. The number of hydrogen-bond acceptors (Lipinski definition) is 4. The molecular formula is C28H33Cl2F3N2O3. The second kappa shape index (κ2) is 12.9. The molecule has 0 aromatic heterocycles. The molecule has 4 rings (SSSR count). The molecule has 3 atom stereocenters. The topological polar surface area (TPSA) is 42.0 Å². The fourth-order valence-electron chi connectivity index (χ4n) is 5.22. The second-order valence-corrected chi connectivity index (χ2v) is 10.8. The summed E-state index contributed by atoms with van der Waals surface area (Å²) in [5, 5.41) is 0.888. The zero-order valence-corrected chi connectivity index (χ0v) is 22.9. The predicted molar refractivity (Wildman–Crippen MR) is 142 cm³/mol. The standard InChI is InChI=1S/C28H33Cl2F3N2O3/c1-19(38-22-8-6-21(7-9-22)28(31,32)33)23-17-35(18-24(23)20-5-10-25(29)26(30)16-20)27(36)4-2-3-11-34-12-14-37-15-13-34/h5-10,16,19,23-24H,2-4,11-15,17-18H2,1H3/t19?,23-,24-/m0/s1. The zero-order chi connectivity index (χ0) is 27.3. The van der Waals surface area contributed by atoms with E-state index < -0.39 is 11.7 Å². The summed E-state index contributed by atoms with van der Waals surface area (Å²) >= 11 is 12.4. The minimum Gasteiger partial charge on any atom is -0.490 e. The summed E-state index contributed by atoms with van der Waals surface area (Å²) in [5.74, 6) is 0.325. The molecule has 1 unspecified atom stereocenters. The van der Waals surface area contributed by atoms with Crippen LogP contribution >= 0.6 is 23.2 Å². The van der Waals surface area contributed by atoms with E-state index in [4.69, 9.17) is 32.7 Å². The van der Waals surface area contributed by atoms with Crippen molar-refractivity contribution in [3.8, 4) is 5.75 Å². The molecule has 38 heavy (non-hydrogen) atoms. The Balaban J connectivity index is 1.41. The number of morpholine rings is 1. The summed E-state index contributed by atoms with van der Waals surface area (Å²) in [6.07, 6.45) is -2.53. The van der Waals surface area contributed by atoms with Gasteiger partial charge < -0.3 is 14.4 Å². The van der Waals surface area contributed by atoms with E-state index in [1.54, 1.807) is 6.07 Å². The summed E-state index contributed by atoms with van der Waals surface area (Å²) in [4.78, 5) is 17.4. The number of halogens is 5. The van der Waals surface area contributed by atoms with Gasteiger partial charge in [0.25, 0.3) is 0 Å². The van der Waals surface area contributed by atoms with Gasteiger partial charge in [0.2, 0.25) is 5.91 Å². The van der Waals surface area contributed by atoms with Gasteiger partial charge in [0, 0.05) is 44.4 Å². The second-order valence-electron chi connectivity index (χ2n) is 10.00. The zero-order valence-electron chi connectivity index (χ0n) is 21.4. The van der Waals surface area contributed by atoms with Gasteiger partial charge in [-0.1, -0.05) is 29.3 Å². The lowest BCUT2D eigenvalue weighted by Gasteiger charge is -2.26. The van der Waals surface area contributed by atoms with Crippen LogP contribution < -0.4 is 4.74 Å². The largest absolute Gasteiger partial charge is 0.490 e. The first-order valence-corrected chi connectivity index (χ1v) is 13.7. The van der Waals surface area contributed by atoms with Gasteiger partial charge in [0.05, 0.1) is 28.8 Å². The Hall–Kier alpha value is -2.00. The molecule has 2 heterocycles. The third kappa shape index (κ3) is 7.56. The van der Waals surface area contributed by atoms with E-state index in [1.807, 2.05) is 24.0 Å². The molecular weight excluding hydrogens is 540 g/mol. The summed E-state index contributed by atoms with van der Waals surface area (Å²) in [6.45, 7) is 7.26. The van der Waals surface area contributed by atoms with Crippen molar-refractivity contribution in [2.45, 2.75) is 44.4 Å². The van der Waals surface area contributed by atoms with E-state index in [1.165, 1.54) is 12.1 Å². The summed E-state index contributed by atoms with van der Waals surface area (Å²) in [7, 11) is 0. The average molecular weight is 573 g/mol. The molecule has 0 radical (unpaired) electrons. The van der Waals surface area contributed by atoms with E-state index in [2.05, 4.69) is 4.90 Å². The highest BCUT2D eigenvalue weighted by Crippen LogP contribution is 2.39. The van der Waals surface area contributed by atoms with Crippen LogP contribution in [0.4, 0.5) is 13.2 Å². The van der Waals surface area contributed by atoms with Crippen LogP contribution in [0.15, 0.2) is 42.5 Å². The van der Waals surface area contributed by atoms with Crippen molar-refractivity contribution in [1.29, 1.82) is 0 Å². The van der Waals surface area contributed by atoms with Crippen LogP contribution in [0.5, 0.6) is 5.75 Å². The molecule has 0 N–H and O–H groups in total. The SMILES string of the molecule is CC(Oc1ccc(C(F)(F)F)cc1)[C@@H]1CN(C(=O)CCCCN2CCOCC2)C[C@H]1c1ccc(Cl)c(Cl)c1. The number of alkyl halides is 3. The Morgan fingerprint density at radius 1 is 1.05 bits per heavy atom. The molecule has 5 nitrogen and oxygen atoms in total. The van der Waals surface area contributed by atoms with Crippen molar-refractivity contribution in [2.75, 3.05) is 45.9 Å². The highest BCUT2D eigenvalue weighted by atomic mass is 35.5. The quantitative estimate of drug-likeness (QED) is 0.320. The summed E-state index contributed by atoms with van der Waals surface area (Å²) in [6, 6.07) is 10.2. The lowest BCUT2D eigenvalue weighted by molar-refractivity contribution is -0.137. The number of likely N-dealkylation sites (tertiary alicyclic amines) is 1. The molecule has 2 aliphatic rings. The van der Waals surface area contributed by atoms with Crippen LogP contribution in [0.25, 0.3) is 0 Å². The van der Waals surface area contributed by atoms with Crippen molar-refractivity contribution in [1.82, 2.24) is 9.80 Å². The monoisotopic (exact) mass is 572 g/mol. The van der Waals surface area contributed by atoms with Crippen molar-refractivity contribution in [3.63, 3.8) is 0 Å². The van der Waals surface area contributed by atoms with E-state index in [-0.39, 0.29) is 23.8 Å². The van der Waals surface area contributed by atoms with Crippen molar-refractivity contribution < 1.29 is 27.4 Å². The van der Waals surface area contributed by atoms with Crippen molar-refractivity contribution in [2.24, 2.45) is 5.92 Å². The fourth-order valence-corrected chi connectivity index (χ4v) is 5.53. The van der Waals surface area contributed by atoms with E-state index in [9.17, 15) is 18.0 Å². The van der Waals surface area contributed by atoms with Crippen molar-refractivity contribution in [3.05, 3.63) is 63.6 Å². The van der Waals surface area contributed by atoms with E-state index in [0.717, 1.165) is 63.4 Å². The Morgan fingerprint density at radius 3 is 2.42 bits per heavy atom. The highest BCUT2D eigenvalue weighted by Gasteiger charge is 2.40. The minimum atomic E-state index is -4.41. The molecule has 2 aromatic carbocycles. The normalized spacial score (nSPS) is 21.5. The number of carbonyl (C=O) groups is 1. The molecule has 2 aromatic rings. The van der Waals surface area contributed by atoms with Gasteiger partial charge in [-0.15, -0.1) is 0 Å². The van der Waals surface area contributed by atoms with Crippen molar-refractivity contribution >= 4 is 29.1 Å². The molecule has 0 aliphatic carbocycles.